The molecule has 2 rings (SSSR count). The number of hydrogen-bond acceptors (Lipinski definition) is 3. The molecular formula is C12H18N2O2S. The zero-order valence-electron chi connectivity index (χ0n) is 10.2. The molecule has 0 radical (unpaired) electrons. The molecule has 1 N–H and O–H groups in total. The fourth-order valence-electron chi connectivity index (χ4n) is 1.91. The first-order valence-corrected chi connectivity index (χ1v) is 7.24. The van der Waals surface area contributed by atoms with E-state index in [2.05, 4.69) is 5.32 Å². The summed E-state index contributed by atoms with van der Waals surface area (Å²) >= 11 is 0. The third kappa shape index (κ3) is 2.51. The summed E-state index contributed by atoms with van der Waals surface area (Å²) in [5, 5.41) is 3.15. The van der Waals surface area contributed by atoms with Crippen molar-refractivity contribution in [2.45, 2.75) is 18.7 Å². The maximum Gasteiger partial charge on any atom is 0.243 e. The molecule has 94 valence electrons. The van der Waals surface area contributed by atoms with E-state index in [1.54, 1.807) is 16.4 Å². The van der Waals surface area contributed by atoms with Crippen molar-refractivity contribution in [2.75, 3.05) is 26.2 Å². The number of nitrogens with one attached hydrogen (secondary N) is 1. The minimum atomic E-state index is -3.31. The second kappa shape index (κ2) is 4.76. The highest BCUT2D eigenvalue weighted by Gasteiger charge is 2.25. The Morgan fingerprint density at radius 2 is 1.76 bits per heavy atom. The van der Waals surface area contributed by atoms with Crippen molar-refractivity contribution in [3.63, 3.8) is 0 Å². The Labute approximate surface area is 103 Å². The van der Waals surface area contributed by atoms with Crippen molar-refractivity contribution in [3.8, 4) is 0 Å². The van der Waals surface area contributed by atoms with Crippen LogP contribution >= 0.6 is 0 Å². The topological polar surface area (TPSA) is 49.4 Å². The zero-order valence-corrected chi connectivity index (χ0v) is 11.0. The SMILES string of the molecule is Cc1ccc(S(=O)(=O)N2CCNCC2)cc1C. The standard InChI is InChI=1S/C12H18N2O2S/c1-10-3-4-12(9-11(10)2)17(15,16)14-7-5-13-6-8-14/h3-4,9,13H,5-8H2,1-2H3. The second-order valence-corrected chi connectivity index (χ2v) is 6.34. The van der Waals surface area contributed by atoms with E-state index < -0.39 is 10.0 Å². The maximum absolute atomic E-state index is 12.3. The fraction of sp³-hybridized carbons (Fsp3) is 0.500. The van der Waals surface area contributed by atoms with Gasteiger partial charge in [-0.05, 0) is 37.1 Å². The average molecular weight is 254 g/mol. The number of hydrogen-bond donors (Lipinski definition) is 1. The monoisotopic (exact) mass is 254 g/mol. The van der Waals surface area contributed by atoms with Gasteiger partial charge in [-0.3, -0.25) is 0 Å². The van der Waals surface area contributed by atoms with Crippen LogP contribution in [0.4, 0.5) is 0 Å². The third-order valence-electron chi connectivity index (χ3n) is 3.19. The van der Waals surface area contributed by atoms with Gasteiger partial charge in [0.2, 0.25) is 10.0 Å². The molecule has 1 heterocycles. The van der Waals surface area contributed by atoms with Crippen LogP contribution in [0.25, 0.3) is 0 Å². The second-order valence-electron chi connectivity index (χ2n) is 4.40. The quantitative estimate of drug-likeness (QED) is 0.853. The van der Waals surface area contributed by atoms with Crippen LogP contribution < -0.4 is 5.32 Å². The molecule has 0 unspecified atom stereocenters. The molecule has 5 heteroatoms. The van der Waals surface area contributed by atoms with Gasteiger partial charge in [-0.2, -0.15) is 4.31 Å². The summed E-state index contributed by atoms with van der Waals surface area (Å²) in [6.07, 6.45) is 0. The lowest BCUT2D eigenvalue weighted by atomic mass is 10.1. The number of sulfonamides is 1. The highest BCUT2D eigenvalue weighted by atomic mass is 32.2. The molecule has 0 aliphatic carbocycles. The first kappa shape index (κ1) is 12.5. The van der Waals surface area contributed by atoms with E-state index in [-0.39, 0.29) is 0 Å². The Balaban J connectivity index is 2.33. The lowest BCUT2D eigenvalue weighted by Gasteiger charge is -2.26. The third-order valence-corrected chi connectivity index (χ3v) is 5.09. The summed E-state index contributed by atoms with van der Waals surface area (Å²) < 4.78 is 26.2. The first-order valence-electron chi connectivity index (χ1n) is 5.80. The van der Waals surface area contributed by atoms with Gasteiger partial charge < -0.3 is 5.32 Å². The van der Waals surface area contributed by atoms with E-state index >= 15 is 0 Å². The molecule has 1 saturated heterocycles. The Hall–Kier alpha value is -0.910. The van der Waals surface area contributed by atoms with E-state index in [1.807, 2.05) is 19.9 Å². The minimum absolute atomic E-state index is 0.405. The van der Waals surface area contributed by atoms with Crippen LogP contribution in [0.2, 0.25) is 0 Å². The smallest absolute Gasteiger partial charge is 0.243 e. The highest BCUT2D eigenvalue weighted by molar-refractivity contribution is 7.89. The lowest BCUT2D eigenvalue weighted by Crippen LogP contribution is -2.46. The number of benzene rings is 1. The molecule has 0 atom stereocenters. The van der Waals surface area contributed by atoms with Crippen LogP contribution in [0.15, 0.2) is 23.1 Å². The Morgan fingerprint density at radius 1 is 1.12 bits per heavy atom. The van der Waals surface area contributed by atoms with Gasteiger partial charge in [0.15, 0.2) is 0 Å². The van der Waals surface area contributed by atoms with Gasteiger partial charge in [0.1, 0.15) is 0 Å². The zero-order chi connectivity index (χ0) is 12.5. The van der Waals surface area contributed by atoms with Crippen molar-refractivity contribution >= 4 is 10.0 Å². The molecule has 17 heavy (non-hydrogen) atoms. The molecule has 4 nitrogen and oxygen atoms in total. The van der Waals surface area contributed by atoms with Crippen LogP contribution in [0.1, 0.15) is 11.1 Å². The number of aryl methyl sites for hydroxylation is 2. The molecule has 1 aromatic carbocycles. The van der Waals surface area contributed by atoms with Gasteiger partial charge in [-0.25, -0.2) is 8.42 Å². The van der Waals surface area contributed by atoms with Gasteiger partial charge in [0.05, 0.1) is 4.90 Å². The summed E-state index contributed by atoms with van der Waals surface area (Å²) in [5.74, 6) is 0. The Morgan fingerprint density at radius 3 is 2.35 bits per heavy atom. The minimum Gasteiger partial charge on any atom is -0.314 e. The molecule has 0 saturated carbocycles. The van der Waals surface area contributed by atoms with Crippen LogP contribution in [0.5, 0.6) is 0 Å². The molecule has 0 bridgehead atoms. The molecule has 0 amide bonds. The summed E-state index contributed by atoms with van der Waals surface area (Å²) in [7, 11) is -3.31. The van der Waals surface area contributed by atoms with Crippen LogP contribution in [0.3, 0.4) is 0 Å². The van der Waals surface area contributed by atoms with Crippen LogP contribution in [0, 0.1) is 13.8 Å². The molecule has 1 aliphatic heterocycles. The summed E-state index contributed by atoms with van der Waals surface area (Å²) in [5.41, 5.74) is 2.13. The van der Waals surface area contributed by atoms with E-state index in [9.17, 15) is 8.42 Å². The Bertz CT molecular complexity index is 505. The number of nitrogens with zero attached hydrogens (tertiary/aromatic N) is 1. The van der Waals surface area contributed by atoms with Crippen molar-refractivity contribution in [2.24, 2.45) is 0 Å². The van der Waals surface area contributed by atoms with Gasteiger partial charge in [0, 0.05) is 26.2 Å². The number of rotatable bonds is 2. The van der Waals surface area contributed by atoms with Gasteiger partial charge in [-0.15, -0.1) is 0 Å². The number of piperazine rings is 1. The van der Waals surface area contributed by atoms with E-state index in [4.69, 9.17) is 0 Å². The van der Waals surface area contributed by atoms with Gasteiger partial charge in [0.25, 0.3) is 0 Å². The van der Waals surface area contributed by atoms with Gasteiger partial charge >= 0.3 is 0 Å². The van der Waals surface area contributed by atoms with Crippen molar-refractivity contribution in [3.05, 3.63) is 29.3 Å². The largest absolute Gasteiger partial charge is 0.314 e. The van der Waals surface area contributed by atoms with E-state index in [0.717, 1.165) is 24.2 Å². The molecule has 0 aromatic heterocycles. The molecular weight excluding hydrogens is 236 g/mol. The van der Waals surface area contributed by atoms with Gasteiger partial charge in [-0.1, -0.05) is 6.07 Å². The summed E-state index contributed by atoms with van der Waals surface area (Å²) in [6, 6.07) is 5.32. The molecule has 1 aliphatic rings. The molecule has 1 aromatic rings. The van der Waals surface area contributed by atoms with Crippen LogP contribution in [-0.2, 0) is 10.0 Å². The lowest BCUT2D eigenvalue weighted by molar-refractivity contribution is 0.360. The van der Waals surface area contributed by atoms with Crippen LogP contribution in [-0.4, -0.2) is 38.9 Å². The summed E-state index contributed by atoms with van der Waals surface area (Å²) in [4.78, 5) is 0.405. The predicted molar refractivity (Wildman–Crippen MR) is 67.5 cm³/mol. The van der Waals surface area contributed by atoms with Crippen molar-refractivity contribution in [1.82, 2.24) is 9.62 Å². The predicted octanol–water partition coefficient (Wildman–Crippen LogP) is 0.897. The van der Waals surface area contributed by atoms with Crippen molar-refractivity contribution < 1.29 is 8.42 Å². The Kier molecular flexibility index (Phi) is 3.51. The maximum atomic E-state index is 12.3. The average Bonchev–Trinajstić information content (AvgIpc) is 2.33. The normalized spacial score (nSPS) is 18.2. The fourth-order valence-corrected chi connectivity index (χ4v) is 3.44. The first-order chi connectivity index (χ1) is 8.01. The van der Waals surface area contributed by atoms with E-state index in [1.165, 1.54) is 0 Å². The molecule has 0 spiro atoms. The summed E-state index contributed by atoms with van der Waals surface area (Å²) in [6.45, 7) is 6.47. The highest BCUT2D eigenvalue weighted by Crippen LogP contribution is 2.19. The van der Waals surface area contributed by atoms with Crippen molar-refractivity contribution in [1.29, 1.82) is 0 Å². The molecule has 1 fully saturated rings. The van der Waals surface area contributed by atoms with E-state index in [0.29, 0.717) is 18.0 Å².